The summed E-state index contributed by atoms with van der Waals surface area (Å²) >= 11 is 3.36. The molecule has 0 aromatic heterocycles. The van der Waals surface area contributed by atoms with E-state index >= 15 is 0 Å². The van der Waals surface area contributed by atoms with Crippen LogP contribution in [0.3, 0.4) is 0 Å². The van der Waals surface area contributed by atoms with E-state index in [0.717, 1.165) is 15.6 Å². The second-order valence-electron chi connectivity index (χ2n) is 3.98. The molecule has 0 amide bonds. The minimum absolute atomic E-state index is 0.283. The molecule has 0 saturated carbocycles. The topological polar surface area (TPSA) is 26.3 Å². The van der Waals surface area contributed by atoms with Crippen LogP contribution < -0.4 is 0 Å². The molecule has 2 rings (SSSR count). The molecule has 2 aromatic rings. The molecule has 0 spiro atoms. The van der Waals surface area contributed by atoms with Crippen LogP contribution in [0.4, 0.5) is 0 Å². The van der Waals surface area contributed by atoms with Gasteiger partial charge in [-0.2, -0.15) is 0 Å². The third kappa shape index (κ3) is 4.72. The molecule has 0 N–H and O–H groups in total. The van der Waals surface area contributed by atoms with Gasteiger partial charge in [-0.05, 0) is 29.3 Å². The van der Waals surface area contributed by atoms with Crippen molar-refractivity contribution in [3.05, 3.63) is 76.3 Å². The summed E-state index contributed by atoms with van der Waals surface area (Å²) in [5, 5.41) is 0. The van der Waals surface area contributed by atoms with Gasteiger partial charge in [0.25, 0.3) is 0 Å². The van der Waals surface area contributed by atoms with Crippen molar-refractivity contribution >= 4 is 28.0 Å². The summed E-state index contributed by atoms with van der Waals surface area (Å²) in [5.74, 6) is -0.341. The summed E-state index contributed by atoms with van der Waals surface area (Å²) in [7, 11) is 0. The molecule has 0 saturated heterocycles. The number of halogens is 1. The third-order valence-electron chi connectivity index (χ3n) is 2.51. The first-order chi connectivity index (χ1) is 9.24. The lowest BCUT2D eigenvalue weighted by Gasteiger charge is -2.02. The van der Waals surface area contributed by atoms with E-state index in [1.807, 2.05) is 54.6 Å². The van der Waals surface area contributed by atoms with E-state index < -0.39 is 0 Å². The lowest BCUT2D eigenvalue weighted by molar-refractivity contribution is -0.138. The Bertz CT molecular complexity index is 559. The van der Waals surface area contributed by atoms with Crippen LogP contribution in [0.1, 0.15) is 11.1 Å². The molecule has 2 aromatic carbocycles. The fourth-order valence-electron chi connectivity index (χ4n) is 1.51. The first-order valence-corrected chi connectivity index (χ1v) is 6.68. The van der Waals surface area contributed by atoms with Gasteiger partial charge in [-0.25, -0.2) is 4.79 Å². The van der Waals surface area contributed by atoms with Gasteiger partial charge < -0.3 is 4.74 Å². The van der Waals surface area contributed by atoms with Crippen LogP contribution in [0.5, 0.6) is 0 Å². The summed E-state index contributed by atoms with van der Waals surface area (Å²) in [4.78, 5) is 11.5. The standard InChI is InChI=1S/C16H13BrO2/c17-15-9-6-14(7-10-15)12-19-16(18)11-8-13-4-2-1-3-5-13/h1-11H,12H2/b11-8+. The van der Waals surface area contributed by atoms with Crippen LogP contribution >= 0.6 is 15.9 Å². The van der Waals surface area contributed by atoms with E-state index in [9.17, 15) is 4.79 Å². The molecule has 2 nitrogen and oxygen atoms in total. The summed E-state index contributed by atoms with van der Waals surface area (Å²) in [6, 6.07) is 17.3. The van der Waals surface area contributed by atoms with Gasteiger partial charge in [-0.1, -0.05) is 58.4 Å². The highest BCUT2D eigenvalue weighted by molar-refractivity contribution is 9.10. The van der Waals surface area contributed by atoms with Gasteiger partial charge >= 0.3 is 5.97 Å². The van der Waals surface area contributed by atoms with Crippen LogP contribution in [0.25, 0.3) is 6.08 Å². The normalized spacial score (nSPS) is 10.6. The number of hydrogen-bond acceptors (Lipinski definition) is 2. The van der Waals surface area contributed by atoms with E-state index in [2.05, 4.69) is 15.9 Å². The molecule has 0 bridgehead atoms. The fourth-order valence-corrected chi connectivity index (χ4v) is 1.78. The number of ether oxygens (including phenoxy) is 1. The highest BCUT2D eigenvalue weighted by Crippen LogP contribution is 2.11. The molecule has 0 heterocycles. The fraction of sp³-hybridized carbons (Fsp3) is 0.0625. The van der Waals surface area contributed by atoms with Crippen molar-refractivity contribution in [3.63, 3.8) is 0 Å². The van der Waals surface area contributed by atoms with Crippen molar-refractivity contribution in [3.8, 4) is 0 Å². The van der Waals surface area contributed by atoms with Crippen LogP contribution in [-0.4, -0.2) is 5.97 Å². The summed E-state index contributed by atoms with van der Waals surface area (Å²) in [6.07, 6.45) is 3.18. The zero-order valence-corrected chi connectivity index (χ0v) is 11.8. The maximum absolute atomic E-state index is 11.5. The Morgan fingerprint density at radius 2 is 1.74 bits per heavy atom. The molecule has 0 aliphatic rings. The molecular formula is C16H13BrO2. The summed E-state index contributed by atoms with van der Waals surface area (Å²) < 4.78 is 6.15. The lowest BCUT2D eigenvalue weighted by Crippen LogP contribution is -2.00. The number of rotatable bonds is 4. The first-order valence-electron chi connectivity index (χ1n) is 5.88. The minimum atomic E-state index is -0.341. The van der Waals surface area contributed by atoms with Gasteiger partial charge in [0.1, 0.15) is 6.61 Å². The lowest BCUT2D eigenvalue weighted by atomic mass is 10.2. The molecular weight excluding hydrogens is 304 g/mol. The average Bonchev–Trinajstić information content (AvgIpc) is 2.45. The van der Waals surface area contributed by atoms with Gasteiger partial charge in [0.2, 0.25) is 0 Å². The molecule has 19 heavy (non-hydrogen) atoms. The molecule has 96 valence electrons. The SMILES string of the molecule is O=C(/C=C/c1ccccc1)OCc1ccc(Br)cc1. The Hall–Kier alpha value is -1.87. The van der Waals surface area contributed by atoms with Crippen molar-refractivity contribution in [1.82, 2.24) is 0 Å². The number of carbonyl (C=O) groups excluding carboxylic acids is 1. The van der Waals surface area contributed by atoms with Crippen LogP contribution in [0.15, 0.2) is 65.1 Å². The number of benzene rings is 2. The molecule has 0 aliphatic carbocycles. The third-order valence-corrected chi connectivity index (χ3v) is 3.03. The minimum Gasteiger partial charge on any atom is -0.458 e. The maximum Gasteiger partial charge on any atom is 0.331 e. The maximum atomic E-state index is 11.5. The quantitative estimate of drug-likeness (QED) is 0.624. The molecule has 0 radical (unpaired) electrons. The predicted octanol–water partition coefficient (Wildman–Crippen LogP) is 4.21. The van der Waals surface area contributed by atoms with Gasteiger partial charge in [0.05, 0.1) is 0 Å². The van der Waals surface area contributed by atoms with Crippen LogP contribution in [0, 0.1) is 0 Å². The highest BCUT2D eigenvalue weighted by atomic mass is 79.9. The van der Waals surface area contributed by atoms with E-state index in [1.54, 1.807) is 6.08 Å². The highest BCUT2D eigenvalue weighted by Gasteiger charge is 1.98. The van der Waals surface area contributed by atoms with Crippen molar-refractivity contribution in [2.24, 2.45) is 0 Å². The van der Waals surface area contributed by atoms with E-state index in [1.165, 1.54) is 6.08 Å². The van der Waals surface area contributed by atoms with Crippen molar-refractivity contribution < 1.29 is 9.53 Å². The van der Waals surface area contributed by atoms with Crippen molar-refractivity contribution in [2.75, 3.05) is 0 Å². The van der Waals surface area contributed by atoms with Crippen molar-refractivity contribution in [1.29, 1.82) is 0 Å². The Kier molecular flexibility index (Phi) is 4.93. The molecule has 0 fully saturated rings. The van der Waals surface area contributed by atoms with Gasteiger partial charge in [-0.3, -0.25) is 0 Å². The van der Waals surface area contributed by atoms with Crippen LogP contribution in [-0.2, 0) is 16.1 Å². The number of hydrogen-bond donors (Lipinski definition) is 0. The average molecular weight is 317 g/mol. The Morgan fingerprint density at radius 1 is 1.05 bits per heavy atom. The predicted molar refractivity (Wildman–Crippen MR) is 79.4 cm³/mol. The van der Waals surface area contributed by atoms with Gasteiger partial charge in [-0.15, -0.1) is 0 Å². The summed E-state index contributed by atoms with van der Waals surface area (Å²) in [5.41, 5.74) is 1.94. The first kappa shape index (κ1) is 13.6. The van der Waals surface area contributed by atoms with Gasteiger partial charge in [0, 0.05) is 10.5 Å². The largest absolute Gasteiger partial charge is 0.458 e. The Balaban J connectivity index is 1.85. The van der Waals surface area contributed by atoms with Crippen molar-refractivity contribution in [2.45, 2.75) is 6.61 Å². The molecule has 0 aliphatic heterocycles. The van der Waals surface area contributed by atoms with Gasteiger partial charge in [0.15, 0.2) is 0 Å². The Labute approximate surface area is 120 Å². The zero-order chi connectivity index (χ0) is 13.5. The molecule has 3 heteroatoms. The second kappa shape index (κ2) is 6.90. The molecule has 0 unspecified atom stereocenters. The van der Waals surface area contributed by atoms with E-state index in [-0.39, 0.29) is 12.6 Å². The second-order valence-corrected chi connectivity index (χ2v) is 4.89. The summed E-state index contributed by atoms with van der Waals surface area (Å²) in [6.45, 7) is 0.283. The van der Waals surface area contributed by atoms with E-state index in [4.69, 9.17) is 4.74 Å². The Morgan fingerprint density at radius 3 is 2.42 bits per heavy atom. The zero-order valence-electron chi connectivity index (χ0n) is 10.3. The smallest absolute Gasteiger partial charge is 0.331 e. The monoisotopic (exact) mass is 316 g/mol. The number of esters is 1. The molecule has 0 atom stereocenters. The number of carbonyl (C=O) groups is 1. The van der Waals surface area contributed by atoms with Crippen LogP contribution in [0.2, 0.25) is 0 Å². The van der Waals surface area contributed by atoms with E-state index in [0.29, 0.717) is 0 Å².